The van der Waals surface area contributed by atoms with E-state index in [2.05, 4.69) is 64.2 Å². The first-order chi connectivity index (χ1) is 11.6. The average Bonchev–Trinajstić information content (AvgIpc) is 2.63. The van der Waals surface area contributed by atoms with Gasteiger partial charge in [-0.3, -0.25) is 9.69 Å². The lowest BCUT2D eigenvalue weighted by atomic mass is 10.1. The molecule has 1 N–H and O–H groups in total. The lowest BCUT2D eigenvalue weighted by Crippen LogP contribution is -2.57. The Morgan fingerprint density at radius 3 is 2.50 bits per heavy atom. The van der Waals surface area contributed by atoms with E-state index in [0.29, 0.717) is 24.4 Å². The molecule has 24 heavy (non-hydrogen) atoms. The summed E-state index contributed by atoms with van der Waals surface area (Å²) in [5, 5.41) is 3.43. The van der Waals surface area contributed by atoms with Crippen LogP contribution in [0.4, 0.5) is 5.69 Å². The number of benzene rings is 1. The van der Waals surface area contributed by atoms with Crippen LogP contribution >= 0.6 is 0 Å². The van der Waals surface area contributed by atoms with E-state index in [0.717, 1.165) is 45.8 Å². The van der Waals surface area contributed by atoms with Gasteiger partial charge in [0, 0.05) is 70.0 Å². The van der Waals surface area contributed by atoms with Gasteiger partial charge in [0.25, 0.3) is 0 Å². The van der Waals surface area contributed by atoms with Crippen molar-refractivity contribution < 1.29 is 4.79 Å². The largest absolute Gasteiger partial charge is 0.369 e. The number of amides is 1. The van der Waals surface area contributed by atoms with Crippen molar-refractivity contribution in [3.63, 3.8) is 0 Å². The standard InChI is InChI=1S/C19H30N4O/c1-16-17(2)23(11-9-20-16)19(24)8-10-21-12-14-22(15-13-21)18-6-4-3-5-7-18/h3-7,16-17,20H,8-15H2,1-2H3. The van der Waals surface area contributed by atoms with Crippen LogP contribution in [0.1, 0.15) is 20.3 Å². The molecule has 1 aromatic rings. The number of nitrogens with one attached hydrogen (secondary N) is 1. The first-order valence-electron chi connectivity index (χ1n) is 9.20. The summed E-state index contributed by atoms with van der Waals surface area (Å²) in [7, 11) is 0. The SMILES string of the molecule is CC1NCCN(C(=O)CCN2CCN(c3ccccc3)CC2)C1C. The average molecular weight is 330 g/mol. The first-order valence-corrected chi connectivity index (χ1v) is 9.20. The number of carbonyl (C=O) groups is 1. The second-order valence-electron chi connectivity index (χ2n) is 6.98. The van der Waals surface area contributed by atoms with Gasteiger partial charge in [-0.05, 0) is 26.0 Å². The van der Waals surface area contributed by atoms with Gasteiger partial charge in [-0.15, -0.1) is 0 Å². The van der Waals surface area contributed by atoms with E-state index in [-0.39, 0.29) is 0 Å². The van der Waals surface area contributed by atoms with Gasteiger partial charge in [0.15, 0.2) is 0 Å². The van der Waals surface area contributed by atoms with E-state index in [4.69, 9.17) is 0 Å². The van der Waals surface area contributed by atoms with Crippen LogP contribution in [0.5, 0.6) is 0 Å². The topological polar surface area (TPSA) is 38.8 Å². The van der Waals surface area contributed by atoms with Crippen molar-refractivity contribution in [2.45, 2.75) is 32.4 Å². The summed E-state index contributed by atoms with van der Waals surface area (Å²) in [6.45, 7) is 11.1. The van der Waals surface area contributed by atoms with Crippen LogP contribution in [0.2, 0.25) is 0 Å². The minimum absolute atomic E-state index is 0.293. The highest BCUT2D eigenvalue weighted by molar-refractivity contribution is 5.77. The van der Waals surface area contributed by atoms with Crippen molar-refractivity contribution in [1.29, 1.82) is 0 Å². The zero-order valence-electron chi connectivity index (χ0n) is 14.9. The molecule has 1 amide bonds. The molecule has 2 atom stereocenters. The predicted molar refractivity (Wildman–Crippen MR) is 98.4 cm³/mol. The molecule has 3 rings (SSSR count). The Labute approximate surface area is 145 Å². The molecule has 0 saturated carbocycles. The Balaban J connectivity index is 1.42. The van der Waals surface area contributed by atoms with E-state index in [1.165, 1.54) is 5.69 Å². The zero-order valence-corrected chi connectivity index (χ0v) is 14.9. The highest BCUT2D eigenvalue weighted by atomic mass is 16.2. The fourth-order valence-corrected chi connectivity index (χ4v) is 3.67. The van der Waals surface area contributed by atoms with Crippen molar-refractivity contribution in [2.75, 3.05) is 50.7 Å². The molecule has 1 aromatic carbocycles. The molecule has 0 spiro atoms. The van der Waals surface area contributed by atoms with Crippen LogP contribution in [0.25, 0.3) is 0 Å². The fourth-order valence-electron chi connectivity index (χ4n) is 3.67. The monoisotopic (exact) mass is 330 g/mol. The Hall–Kier alpha value is -1.59. The molecule has 2 aliphatic rings. The third-order valence-corrected chi connectivity index (χ3v) is 5.49. The van der Waals surface area contributed by atoms with E-state index in [1.54, 1.807) is 0 Å². The molecule has 5 nitrogen and oxygen atoms in total. The number of hydrogen-bond acceptors (Lipinski definition) is 4. The van der Waals surface area contributed by atoms with Gasteiger partial charge in [-0.2, -0.15) is 0 Å². The molecule has 2 heterocycles. The molecule has 2 unspecified atom stereocenters. The van der Waals surface area contributed by atoms with Crippen LogP contribution in [0.15, 0.2) is 30.3 Å². The van der Waals surface area contributed by atoms with Crippen LogP contribution in [-0.2, 0) is 4.79 Å². The fraction of sp³-hybridized carbons (Fsp3) is 0.632. The van der Waals surface area contributed by atoms with Crippen LogP contribution in [0, 0.1) is 0 Å². The van der Waals surface area contributed by atoms with Crippen molar-refractivity contribution in [2.24, 2.45) is 0 Å². The summed E-state index contributed by atoms with van der Waals surface area (Å²) < 4.78 is 0. The number of para-hydroxylation sites is 1. The maximum atomic E-state index is 12.5. The van der Waals surface area contributed by atoms with Crippen molar-refractivity contribution in [1.82, 2.24) is 15.1 Å². The molecule has 5 heteroatoms. The van der Waals surface area contributed by atoms with E-state index in [9.17, 15) is 4.79 Å². The number of piperazine rings is 2. The molecular formula is C19H30N4O. The third kappa shape index (κ3) is 4.08. The number of hydrogen-bond donors (Lipinski definition) is 1. The molecule has 0 radical (unpaired) electrons. The van der Waals surface area contributed by atoms with Crippen LogP contribution < -0.4 is 10.2 Å². The van der Waals surface area contributed by atoms with Gasteiger partial charge >= 0.3 is 0 Å². The minimum atomic E-state index is 0.293. The Morgan fingerprint density at radius 1 is 1.08 bits per heavy atom. The molecule has 0 bridgehead atoms. The van der Waals surface area contributed by atoms with Crippen LogP contribution in [0.3, 0.4) is 0 Å². The Morgan fingerprint density at radius 2 is 1.79 bits per heavy atom. The smallest absolute Gasteiger partial charge is 0.224 e. The molecule has 0 aliphatic carbocycles. The first kappa shape index (κ1) is 17.2. The van der Waals surface area contributed by atoms with Crippen molar-refractivity contribution in [3.05, 3.63) is 30.3 Å². The highest BCUT2D eigenvalue weighted by Gasteiger charge is 2.28. The lowest BCUT2D eigenvalue weighted by Gasteiger charge is -2.39. The Kier molecular flexibility index (Phi) is 5.74. The summed E-state index contributed by atoms with van der Waals surface area (Å²) in [5.41, 5.74) is 1.30. The summed E-state index contributed by atoms with van der Waals surface area (Å²) in [6.07, 6.45) is 0.641. The molecule has 2 aliphatic heterocycles. The summed E-state index contributed by atoms with van der Waals surface area (Å²) in [5.74, 6) is 0.307. The maximum Gasteiger partial charge on any atom is 0.224 e. The molecule has 0 aromatic heterocycles. The van der Waals surface area contributed by atoms with Gasteiger partial charge in [0.2, 0.25) is 5.91 Å². The highest BCUT2D eigenvalue weighted by Crippen LogP contribution is 2.16. The van der Waals surface area contributed by atoms with Gasteiger partial charge in [0.1, 0.15) is 0 Å². The number of rotatable bonds is 4. The maximum absolute atomic E-state index is 12.5. The van der Waals surface area contributed by atoms with Crippen molar-refractivity contribution >= 4 is 11.6 Å². The second kappa shape index (κ2) is 7.99. The van der Waals surface area contributed by atoms with Gasteiger partial charge in [-0.25, -0.2) is 0 Å². The quantitative estimate of drug-likeness (QED) is 0.906. The molecule has 2 fully saturated rings. The van der Waals surface area contributed by atoms with Gasteiger partial charge in [0.05, 0.1) is 0 Å². The predicted octanol–water partition coefficient (Wildman–Crippen LogP) is 1.41. The summed E-state index contributed by atoms with van der Waals surface area (Å²) in [6, 6.07) is 11.3. The van der Waals surface area contributed by atoms with E-state index >= 15 is 0 Å². The van der Waals surface area contributed by atoms with E-state index < -0.39 is 0 Å². The third-order valence-electron chi connectivity index (χ3n) is 5.49. The van der Waals surface area contributed by atoms with Gasteiger partial charge < -0.3 is 15.1 Å². The number of nitrogens with zero attached hydrogens (tertiary/aromatic N) is 3. The molecular weight excluding hydrogens is 300 g/mol. The van der Waals surface area contributed by atoms with Gasteiger partial charge in [-0.1, -0.05) is 18.2 Å². The minimum Gasteiger partial charge on any atom is -0.369 e. The number of carbonyl (C=O) groups excluding carboxylic acids is 1. The van der Waals surface area contributed by atoms with E-state index in [1.807, 2.05) is 0 Å². The summed E-state index contributed by atoms with van der Waals surface area (Å²) >= 11 is 0. The molecule has 132 valence electrons. The Bertz CT molecular complexity index is 527. The summed E-state index contributed by atoms with van der Waals surface area (Å²) in [4.78, 5) is 19.5. The lowest BCUT2D eigenvalue weighted by molar-refractivity contribution is -0.135. The number of anilines is 1. The second-order valence-corrected chi connectivity index (χ2v) is 6.98. The zero-order chi connectivity index (χ0) is 16.9. The normalized spacial score (nSPS) is 25.8. The van der Waals surface area contributed by atoms with Crippen molar-refractivity contribution in [3.8, 4) is 0 Å². The molecule has 2 saturated heterocycles. The van der Waals surface area contributed by atoms with Crippen LogP contribution in [-0.4, -0.2) is 73.6 Å².